The lowest BCUT2D eigenvalue weighted by atomic mass is 9.94. The van der Waals surface area contributed by atoms with Crippen LogP contribution in [-0.2, 0) is 30.9 Å². The summed E-state index contributed by atoms with van der Waals surface area (Å²) in [5, 5.41) is 10.2. The number of esters is 1. The van der Waals surface area contributed by atoms with Gasteiger partial charge in [0, 0.05) is 18.4 Å². The molecule has 6 nitrogen and oxygen atoms in total. The zero-order chi connectivity index (χ0) is 17.4. The minimum absolute atomic E-state index is 0.249. The standard InChI is InChI=1S/C19H19N3O3/c1-3-16-20-21-17(25-16)10-22(2)9-12-7-8-13-11-24-19(23)15-6-4-5-14(12)18(13)15/h4-8H,3,9-11H2,1-2H3. The molecule has 1 aliphatic rings. The van der Waals surface area contributed by atoms with E-state index in [-0.39, 0.29) is 5.97 Å². The van der Waals surface area contributed by atoms with E-state index in [0.717, 1.165) is 34.9 Å². The van der Waals surface area contributed by atoms with Crippen LogP contribution in [0.5, 0.6) is 0 Å². The third-order valence-electron chi connectivity index (χ3n) is 4.45. The molecular weight excluding hydrogens is 318 g/mol. The maximum atomic E-state index is 12.0. The number of ether oxygens (including phenoxy) is 1. The van der Waals surface area contributed by atoms with Gasteiger partial charge in [-0.05, 0) is 29.6 Å². The lowest BCUT2D eigenvalue weighted by Crippen LogP contribution is -2.18. The van der Waals surface area contributed by atoms with Crippen LogP contribution in [0, 0.1) is 0 Å². The fourth-order valence-electron chi connectivity index (χ4n) is 3.26. The van der Waals surface area contributed by atoms with Gasteiger partial charge in [-0.15, -0.1) is 10.2 Å². The van der Waals surface area contributed by atoms with Crippen molar-refractivity contribution in [2.24, 2.45) is 0 Å². The molecule has 128 valence electrons. The second-order valence-electron chi connectivity index (χ2n) is 6.30. The maximum absolute atomic E-state index is 12.0. The number of rotatable bonds is 5. The summed E-state index contributed by atoms with van der Waals surface area (Å²) in [7, 11) is 2.01. The summed E-state index contributed by atoms with van der Waals surface area (Å²) in [6.45, 7) is 3.63. The highest BCUT2D eigenvalue weighted by Gasteiger charge is 2.21. The lowest BCUT2D eigenvalue weighted by Gasteiger charge is -2.21. The number of aryl methyl sites for hydroxylation is 1. The molecule has 0 saturated heterocycles. The molecule has 2 aromatic carbocycles. The van der Waals surface area contributed by atoms with Crippen molar-refractivity contribution in [2.45, 2.75) is 33.0 Å². The second-order valence-corrected chi connectivity index (χ2v) is 6.30. The Morgan fingerprint density at radius 2 is 1.96 bits per heavy atom. The first kappa shape index (κ1) is 15.8. The SMILES string of the molecule is CCc1nnc(CN(C)Cc2ccc3c4c(cccc24)C(=O)OC3)o1. The van der Waals surface area contributed by atoms with Crippen LogP contribution in [0.2, 0.25) is 0 Å². The average molecular weight is 337 g/mol. The highest BCUT2D eigenvalue weighted by atomic mass is 16.5. The van der Waals surface area contributed by atoms with E-state index >= 15 is 0 Å². The lowest BCUT2D eigenvalue weighted by molar-refractivity contribution is 0.0463. The molecule has 1 aliphatic heterocycles. The Labute approximate surface area is 145 Å². The third-order valence-corrected chi connectivity index (χ3v) is 4.45. The van der Waals surface area contributed by atoms with Gasteiger partial charge in [-0.1, -0.05) is 31.2 Å². The third kappa shape index (κ3) is 2.89. The van der Waals surface area contributed by atoms with Gasteiger partial charge in [-0.25, -0.2) is 4.79 Å². The van der Waals surface area contributed by atoms with Crippen LogP contribution in [0.25, 0.3) is 10.8 Å². The van der Waals surface area contributed by atoms with Crippen LogP contribution < -0.4 is 0 Å². The Morgan fingerprint density at radius 1 is 1.12 bits per heavy atom. The normalized spacial score (nSPS) is 13.5. The molecule has 0 saturated carbocycles. The molecule has 0 N–H and O–H groups in total. The van der Waals surface area contributed by atoms with Gasteiger partial charge in [0.2, 0.25) is 11.8 Å². The zero-order valence-corrected chi connectivity index (χ0v) is 14.3. The van der Waals surface area contributed by atoms with Crippen LogP contribution in [0.3, 0.4) is 0 Å². The molecule has 0 amide bonds. The van der Waals surface area contributed by atoms with E-state index in [0.29, 0.717) is 30.5 Å². The van der Waals surface area contributed by atoms with Gasteiger partial charge in [0.25, 0.3) is 0 Å². The molecule has 4 rings (SSSR count). The topological polar surface area (TPSA) is 68.5 Å². The Morgan fingerprint density at radius 3 is 2.76 bits per heavy atom. The first-order valence-corrected chi connectivity index (χ1v) is 8.36. The number of hydrogen-bond acceptors (Lipinski definition) is 6. The molecule has 0 aliphatic carbocycles. The molecule has 3 aromatic rings. The summed E-state index contributed by atoms with van der Waals surface area (Å²) in [6.07, 6.45) is 0.738. The van der Waals surface area contributed by atoms with E-state index < -0.39 is 0 Å². The van der Waals surface area contributed by atoms with Crippen molar-refractivity contribution in [3.63, 3.8) is 0 Å². The molecule has 0 fully saturated rings. The van der Waals surface area contributed by atoms with Crippen molar-refractivity contribution in [3.8, 4) is 0 Å². The van der Waals surface area contributed by atoms with Crippen molar-refractivity contribution >= 4 is 16.7 Å². The Bertz CT molecular complexity index is 948. The summed E-state index contributed by atoms with van der Waals surface area (Å²) in [5.41, 5.74) is 2.86. The molecule has 0 radical (unpaired) electrons. The van der Waals surface area contributed by atoms with Gasteiger partial charge in [-0.2, -0.15) is 0 Å². The van der Waals surface area contributed by atoms with Crippen molar-refractivity contribution in [2.75, 3.05) is 7.05 Å². The average Bonchev–Trinajstić information content (AvgIpc) is 3.07. The molecule has 1 aromatic heterocycles. The first-order valence-electron chi connectivity index (χ1n) is 8.36. The predicted molar refractivity (Wildman–Crippen MR) is 91.9 cm³/mol. The molecule has 25 heavy (non-hydrogen) atoms. The van der Waals surface area contributed by atoms with Crippen LogP contribution in [0.15, 0.2) is 34.7 Å². The van der Waals surface area contributed by atoms with E-state index in [4.69, 9.17) is 9.15 Å². The molecule has 0 bridgehead atoms. The minimum atomic E-state index is -0.249. The molecule has 0 atom stereocenters. The van der Waals surface area contributed by atoms with Gasteiger partial charge in [0.15, 0.2) is 0 Å². The number of benzene rings is 2. The molecular formula is C19H19N3O3. The molecule has 2 heterocycles. The highest BCUT2D eigenvalue weighted by Crippen LogP contribution is 2.31. The quantitative estimate of drug-likeness (QED) is 0.667. The van der Waals surface area contributed by atoms with Crippen molar-refractivity contribution in [1.29, 1.82) is 0 Å². The zero-order valence-electron chi connectivity index (χ0n) is 14.3. The molecule has 0 spiro atoms. The predicted octanol–water partition coefficient (Wildman–Crippen LogP) is 3.09. The van der Waals surface area contributed by atoms with E-state index in [1.54, 1.807) is 0 Å². The summed E-state index contributed by atoms with van der Waals surface area (Å²) >= 11 is 0. The van der Waals surface area contributed by atoms with Crippen molar-refractivity contribution in [3.05, 3.63) is 58.8 Å². The monoisotopic (exact) mass is 337 g/mol. The highest BCUT2D eigenvalue weighted by molar-refractivity contribution is 6.08. The Hall–Kier alpha value is -2.73. The summed E-state index contributed by atoms with van der Waals surface area (Å²) in [5.74, 6) is 1.02. The second kappa shape index (κ2) is 6.29. The van der Waals surface area contributed by atoms with E-state index in [1.165, 1.54) is 0 Å². The van der Waals surface area contributed by atoms with Gasteiger partial charge in [-0.3, -0.25) is 4.90 Å². The van der Waals surface area contributed by atoms with Crippen LogP contribution >= 0.6 is 0 Å². The van der Waals surface area contributed by atoms with Crippen molar-refractivity contribution in [1.82, 2.24) is 15.1 Å². The Balaban J connectivity index is 1.63. The van der Waals surface area contributed by atoms with E-state index in [2.05, 4.69) is 27.2 Å². The van der Waals surface area contributed by atoms with E-state index in [9.17, 15) is 4.79 Å². The number of carbonyl (C=O) groups excluding carboxylic acids is 1. The van der Waals surface area contributed by atoms with Crippen LogP contribution in [0.1, 0.15) is 40.2 Å². The van der Waals surface area contributed by atoms with Gasteiger partial charge in [0.05, 0.1) is 12.1 Å². The molecule has 6 heteroatoms. The summed E-state index contributed by atoms with van der Waals surface area (Å²) in [4.78, 5) is 14.1. The molecule has 0 unspecified atom stereocenters. The fourth-order valence-corrected chi connectivity index (χ4v) is 3.26. The smallest absolute Gasteiger partial charge is 0.339 e. The number of hydrogen-bond donors (Lipinski definition) is 0. The minimum Gasteiger partial charge on any atom is -0.457 e. The summed E-state index contributed by atoms with van der Waals surface area (Å²) in [6, 6.07) is 9.94. The number of cyclic esters (lactones) is 1. The number of aromatic nitrogens is 2. The van der Waals surface area contributed by atoms with Crippen molar-refractivity contribution < 1.29 is 13.9 Å². The summed E-state index contributed by atoms with van der Waals surface area (Å²) < 4.78 is 10.8. The number of carbonyl (C=O) groups is 1. The van der Waals surface area contributed by atoms with E-state index in [1.807, 2.05) is 32.2 Å². The fraction of sp³-hybridized carbons (Fsp3) is 0.316. The van der Waals surface area contributed by atoms with Crippen LogP contribution in [-0.4, -0.2) is 28.1 Å². The largest absolute Gasteiger partial charge is 0.457 e. The Kier molecular flexibility index (Phi) is 3.97. The maximum Gasteiger partial charge on any atom is 0.339 e. The van der Waals surface area contributed by atoms with Gasteiger partial charge in [0.1, 0.15) is 6.61 Å². The first-order chi connectivity index (χ1) is 12.2. The van der Waals surface area contributed by atoms with Gasteiger partial charge < -0.3 is 9.15 Å². The number of nitrogens with zero attached hydrogens (tertiary/aromatic N) is 3. The van der Waals surface area contributed by atoms with Gasteiger partial charge >= 0.3 is 5.97 Å². The van der Waals surface area contributed by atoms with Crippen LogP contribution in [0.4, 0.5) is 0 Å².